The minimum Gasteiger partial charge on any atom is -1.00 e. The molecular weight excluding hydrogens is 330 g/mol. The van der Waals surface area contributed by atoms with E-state index in [0.29, 0.717) is 5.92 Å². The van der Waals surface area contributed by atoms with Crippen LogP contribution in [0.5, 0.6) is 0 Å². The first kappa shape index (κ1) is 19.8. The van der Waals surface area contributed by atoms with Crippen molar-refractivity contribution in [2.75, 3.05) is 0 Å². The zero-order valence-corrected chi connectivity index (χ0v) is 14.7. The summed E-state index contributed by atoms with van der Waals surface area (Å²) in [6, 6.07) is 0. The minimum absolute atomic E-state index is 0. The van der Waals surface area contributed by atoms with E-state index >= 15 is 0 Å². The average molecular weight is 347 g/mol. The molecule has 2 aliphatic rings. The smallest absolute Gasteiger partial charge is 1.00 e. The molecule has 91 valence electrons. The molecule has 0 saturated carbocycles. The molecule has 17 heavy (non-hydrogen) atoms. The molecule has 2 aliphatic carbocycles. The molecule has 1 unspecified atom stereocenters. The Morgan fingerprint density at radius 3 is 2.12 bits per heavy atom. The van der Waals surface area contributed by atoms with Crippen LogP contribution in [0.3, 0.4) is 0 Å². The van der Waals surface area contributed by atoms with Crippen molar-refractivity contribution in [2.24, 2.45) is 5.92 Å². The molecule has 0 aromatic rings. The summed E-state index contributed by atoms with van der Waals surface area (Å²) in [5.41, 5.74) is 7.14. The quantitative estimate of drug-likeness (QED) is 0.481. The standard InChI is InChI=1S/C14H17.2ClH.Zr/c1-9-5-11(3)13(7-9)14-8-10(2)6-12(14)4;;;/h5-6,10H,7H2,1-4H3;2*1H;/q-1;;;+3/p-2. The summed E-state index contributed by atoms with van der Waals surface area (Å²) in [6.45, 7) is 8.80. The molecule has 0 spiro atoms. The summed E-state index contributed by atoms with van der Waals surface area (Å²) in [5, 5.41) is 0. The van der Waals surface area contributed by atoms with Gasteiger partial charge in [-0.2, -0.15) is 17.2 Å². The average Bonchev–Trinajstić information content (AvgIpc) is 2.55. The van der Waals surface area contributed by atoms with Gasteiger partial charge in [-0.15, -0.1) is 17.2 Å². The van der Waals surface area contributed by atoms with Gasteiger partial charge in [-0.05, 0) is 6.92 Å². The Hall–Kier alpha value is 0.423. The van der Waals surface area contributed by atoms with Gasteiger partial charge < -0.3 is 24.8 Å². The Labute approximate surface area is 136 Å². The van der Waals surface area contributed by atoms with Crippen molar-refractivity contribution in [2.45, 2.75) is 34.1 Å². The van der Waals surface area contributed by atoms with Gasteiger partial charge in [-0.3, -0.25) is 0 Å². The van der Waals surface area contributed by atoms with Crippen LogP contribution < -0.4 is 24.8 Å². The molecule has 0 nitrogen and oxygen atoms in total. The third kappa shape index (κ3) is 4.23. The number of rotatable bonds is 1. The molecule has 0 N–H and O–H groups in total. The molecule has 0 saturated heterocycles. The van der Waals surface area contributed by atoms with Crippen molar-refractivity contribution in [1.82, 2.24) is 0 Å². The number of hydrogen-bond donors (Lipinski definition) is 0. The van der Waals surface area contributed by atoms with Crippen molar-refractivity contribution < 1.29 is 51.0 Å². The maximum absolute atomic E-state index is 3.53. The van der Waals surface area contributed by atoms with Crippen LogP contribution in [0, 0.1) is 12.0 Å². The molecule has 0 fully saturated rings. The van der Waals surface area contributed by atoms with Gasteiger partial charge in [0, 0.05) is 0 Å². The predicted molar refractivity (Wildman–Crippen MR) is 60.8 cm³/mol. The molecule has 1 atom stereocenters. The Balaban J connectivity index is 0. The van der Waals surface area contributed by atoms with E-state index in [1.54, 1.807) is 0 Å². The van der Waals surface area contributed by atoms with Gasteiger partial charge >= 0.3 is 26.2 Å². The van der Waals surface area contributed by atoms with E-state index in [2.05, 4.69) is 45.9 Å². The van der Waals surface area contributed by atoms with Crippen molar-refractivity contribution in [1.29, 1.82) is 0 Å². The van der Waals surface area contributed by atoms with Crippen molar-refractivity contribution in [3.8, 4) is 0 Å². The van der Waals surface area contributed by atoms with E-state index in [4.69, 9.17) is 0 Å². The monoisotopic (exact) mass is 345 g/mol. The number of hydrogen-bond acceptors (Lipinski definition) is 0. The fourth-order valence-corrected chi connectivity index (χ4v) is 2.38. The molecular formula is C14H17Cl2Zr. The molecule has 0 bridgehead atoms. The number of halogens is 2. The second kappa shape index (κ2) is 7.77. The topological polar surface area (TPSA) is 0 Å². The summed E-state index contributed by atoms with van der Waals surface area (Å²) in [6.07, 6.45) is 9.23. The van der Waals surface area contributed by atoms with Crippen LogP contribution in [0.1, 0.15) is 34.1 Å². The molecule has 0 amide bonds. The van der Waals surface area contributed by atoms with Crippen LogP contribution in [-0.4, -0.2) is 0 Å². The van der Waals surface area contributed by atoms with Crippen LogP contribution in [0.4, 0.5) is 0 Å². The van der Waals surface area contributed by atoms with Gasteiger partial charge in [0.25, 0.3) is 0 Å². The van der Waals surface area contributed by atoms with Gasteiger partial charge in [-0.1, -0.05) is 44.8 Å². The second-order valence-corrected chi connectivity index (χ2v) is 4.49. The fourth-order valence-electron chi connectivity index (χ4n) is 2.38. The molecule has 0 aromatic carbocycles. The summed E-state index contributed by atoms with van der Waals surface area (Å²) in [5.74, 6) is 0.492. The van der Waals surface area contributed by atoms with E-state index in [0.717, 1.165) is 6.42 Å². The molecule has 0 aliphatic heterocycles. The second-order valence-electron chi connectivity index (χ2n) is 4.49. The van der Waals surface area contributed by atoms with Gasteiger partial charge in [0.1, 0.15) is 0 Å². The normalized spacial score (nSPS) is 21.9. The first-order valence-electron chi connectivity index (χ1n) is 5.27. The Morgan fingerprint density at radius 1 is 1.18 bits per heavy atom. The van der Waals surface area contributed by atoms with Crippen LogP contribution in [0.25, 0.3) is 0 Å². The van der Waals surface area contributed by atoms with Gasteiger partial charge in [0.05, 0.1) is 0 Å². The summed E-state index contributed by atoms with van der Waals surface area (Å²) >= 11 is 0. The minimum atomic E-state index is 0. The third-order valence-electron chi connectivity index (χ3n) is 2.96. The first-order valence-corrected chi connectivity index (χ1v) is 5.27. The van der Waals surface area contributed by atoms with Gasteiger partial charge in [0.15, 0.2) is 0 Å². The third-order valence-corrected chi connectivity index (χ3v) is 2.96. The Bertz CT molecular complexity index is 400. The van der Waals surface area contributed by atoms with Crippen LogP contribution in [0.15, 0.2) is 40.0 Å². The summed E-state index contributed by atoms with van der Waals surface area (Å²) in [4.78, 5) is 0. The number of allylic oxidation sites excluding steroid dienone is 8. The Kier molecular flexibility index (Phi) is 9.03. The van der Waals surface area contributed by atoms with Gasteiger partial charge in [-0.25, -0.2) is 0 Å². The molecule has 3 heteroatoms. The SMILES string of the molecule is CC1=CC(C)=C(C2=[C-]C(C)C=C2C)C1.[Cl-].[Cl-].[Zr+3]. The zero-order chi connectivity index (χ0) is 10.3. The largest absolute Gasteiger partial charge is 3.00 e. The Morgan fingerprint density at radius 2 is 1.76 bits per heavy atom. The first-order chi connectivity index (χ1) is 6.58. The van der Waals surface area contributed by atoms with E-state index in [-0.39, 0.29) is 51.0 Å². The van der Waals surface area contributed by atoms with Crippen molar-refractivity contribution in [3.05, 3.63) is 46.1 Å². The van der Waals surface area contributed by atoms with E-state index in [1.807, 2.05) is 0 Å². The summed E-state index contributed by atoms with van der Waals surface area (Å²) in [7, 11) is 0. The molecule has 0 heterocycles. The van der Waals surface area contributed by atoms with Crippen LogP contribution in [-0.2, 0) is 26.2 Å². The van der Waals surface area contributed by atoms with E-state index in [1.165, 1.54) is 27.9 Å². The molecule has 1 radical (unpaired) electrons. The van der Waals surface area contributed by atoms with E-state index in [9.17, 15) is 0 Å². The van der Waals surface area contributed by atoms with Crippen molar-refractivity contribution in [3.63, 3.8) is 0 Å². The summed E-state index contributed by atoms with van der Waals surface area (Å²) < 4.78 is 0. The molecule has 0 aromatic heterocycles. The van der Waals surface area contributed by atoms with Gasteiger partial charge in [0.2, 0.25) is 0 Å². The maximum atomic E-state index is 3.53. The van der Waals surface area contributed by atoms with E-state index < -0.39 is 0 Å². The predicted octanol–water partition coefficient (Wildman–Crippen LogP) is -2.02. The van der Waals surface area contributed by atoms with Crippen molar-refractivity contribution >= 4 is 0 Å². The van der Waals surface area contributed by atoms with Crippen LogP contribution >= 0.6 is 0 Å². The maximum Gasteiger partial charge on any atom is 3.00 e. The van der Waals surface area contributed by atoms with Crippen LogP contribution in [0.2, 0.25) is 0 Å². The molecule has 2 rings (SSSR count). The zero-order valence-electron chi connectivity index (χ0n) is 10.7. The fraction of sp³-hybridized carbons (Fsp3) is 0.429.